The van der Waals surface area contributed by atoms with Gasteiger partial charge in [0.1, 0.15) is 0 Å². The van der Waals surface area contributed by atoms with Crippen molar-refractivity contribution in [2.24, 2.45) is 0 Å². The van der Waals surface area contributed by atoms with E-state index in [0.29, 0.717) is 5.02 Å². The van der Waals surface area contributed by atoms with Crippen LogP contribution in [0, 0.1) is 0 Å². The normalized spacial score (nSPS) is 10.1. The summed E-state index contributed by atoms with van der Waals surface area (Å²) in [4.78, 5) is 17.1. The average Bonchev–Trinajstić information content (AvgIpc) is 2.19. The van der Waals surface area contributed by atoms with E-state index in [9.17, 15) is 4.79 Å². The van der Waals surface area contributed by atoms with Gasteiger partial charge >= 0.3 is 5.69 Å². The predicted octanol–water partition coefficient (Wildman–Crippen LogP) is 2.09. The maximum Gasteiger partial charge on any atom is 0.345 e. The van der Waals surface area contributed by atoms with Crippen molar-refractivity contribution in [3.63, 3.8) is 0 Å². The van der Waals surface area contributed by atoms with Crippen LogP contribution in [0.15, 0.2) is 41.3 Å². The molecule has 0 spiro atoms. The molecule has 0 aliphatic carbocycles. The molecule has 1 aromatic heterocycles. The maximum absolute atomic E-state index is 10.9. The highest BCUT2D eigenvalue weighted by Crippen LogP contribution is 2.17. The molecular formula is C10H7ClN2O. The van der Waals surface area contributed by atoms with Crippen LogP contribution in [0.1, 0.15) is 0 Å². The quantitative estimate of drug-likeness (QED) is 0.777. The van der Waals surface area contributed by atoms with Crippen molar-refractivity contribution in [2.75, 3.05) is 0 Å². The Balaban J connectivity index is 2.50. The molecule has 4 heteroatoms. The van der Waals surface area contributed by atoms with Crippen LogP contribution in [0.2, 0.25) is 5.02 Å². The van der Waals surface area contributed by atoms with E-state index in [-0.39, 0.29) is 5.69 Å². The summed E-state index contributed by atoms with van der Waals surface area (Å²) in [6.45, 7) is 0. The number of rotatable bonds is 1. The zero-order chi connectivity index (χ0) is 9.97. The van der Waals surface area contributed by atoms with Crippen LogP contribution in [-0.2, 0) is 0 Å². The van der Waals surface area contributed by atoms with Gasteiger partial charge in [0.2, 0.25) is 0 Å². The Labute approximate surface area is 85.4 Å². The molecule has 2 rings (SSSR count). The first kappa shape index (κ1) is 8.97. The van der Waals surface area contributed by atoms with E-state index >= 15 is 0 Å². The SMILES string of the molecule is O=c1nccc(-c2ccc(Cl)cc2)[nH]1. The van der Waals surface area contributed by atoms with E-state index in [1.54, 1.807) is 18.2 Å². The third-order valence-corrected chi connectivity index (χ3v) is 2.08. The van der Waals surface area contributed by atoms with Gasteiger partial charge < -0.3 is 4.98 Å². The van der Waals surface area contributed by atoms with Crippen LogP contribution in [0.3, 0.4) is 0 Å². The van der Waals surface area contributed by atoms with Gasteiger partial charge in [-0.25, -0.2) is 9.78 Å². The second-order valence-corrected chi connectivity index (χ2v) is 3.23. The zero-order valence-corrected chi connectivity index (χ0v) is 7.95. The first-order chi connectivity index (χ1) is 6.75. The predicted molar refractivity (Wildman–Crippen MR) is 55.3 cm³/mol. The number of hydrogen-bond acceptors (Lipinski definition) is 2. The minimum Gasteiger partial charge on any atom is -0.305 e. The Bertz CT molecular complexity index is 490. The number of halogens is 1. The monoisotopic (exact) mass is 206 g/mol. The van der Waals surface area contributed by atoms with Crippen LogP contribution in [0.4, 0.5) is 0 Å². The van der Waals surface area contributed by atoms with Gasteiger partial charge in [-0.2, -0.15) is 0 Å². The fraction of sp³-hybridized carbons (Fsp3) is 0. The number of aromatic nitrogens is 2. The lowest BCUT2D eigenvalue weighted by Gasteiger charge is -1.99. The van der Waals surface area contributed by atoms with Crippen molar-refractivity contribution in [3.8, 4) is 11.3 Å². The molecule has 1 N–H and O–H groups in total. The molecule has 70 valence electrons. The second-order valence-electron chi connectivity index (χ2n) is 2.80. The molecule has 0 radical (unpaired) electrons. The minimum atomic E-state index is -0.350. The Morgan fingerprint density at radius 2 is 1.86 bits per heavy atom. The van der Waals surface area contributed by atoms with Crippen molar-refractivity contribution >= 4 is 11.6 Å². The lowest BCUT2D eigenvalue weighted by atomic mass is 10.1. The first-order valence-electron chi connectivity index (χ1n) is 4.07. The number of benzene rings is 1. The number of nitrogens with zero attached hydrogens (tertiary/aromatic N) is 1. The molecule has 0 aliphatic heterocycles. The molecule has 0 aliphatic rings. The fourth-order valence-electron chi connectivity index (χ4n) is 1.17. The Morgan fingerprint density at radius 1 is 1.14 bits per heavy atom. The molecule has 14 heavy (non-hydrogen) atoms. The molecule has 0 fully saturated rings. The van der Waals surface area contributed by atoms with Crippen LogP contribution in [0.25, 0.3) is 11.3 Å². The number of aromatic amines is 1. The van der Waals surface area contributed by atoms with Crippen molar-refractivity contribution < 1.29 is 0 Å². The summed E-state index contributed by atoms with van der Waals surface area (Å²) in [5.41, 5.74) is 1.30. The van der Waals surface area contributed by atoms with Crippen LogP contribution >= 0.6 is 11.6 Å². The number of hydrogen-bond donors (Lipinski definition) is 1. The van der Waals surface area contributed by atoms with E-state index in [2.05, 4.69) is 9.97 Å². The summed E-state index contributed by atoms with van der Waals surface area (Å²) in [6, 6.07) is 8.97. The summed E-state index contributed by atoms with van der Waals surface area (Å²) in [5.74, 6) is 0. The third kappa shape index (κ3) is 1.83. The highest BCUT2D eigenvalue weighted by Gasteiger charge is 1.97. The highest BCUT2D eigenvalue weighted by atomic mass is 35.5. The number of H-pyrrole nitrogens is 1. The Hall–Kier alpha value is -1.61. The average molecular weight is 207 g/mol. The molecule has 3 nitrogen and oxygen atoms in total. The first-order valence-corrected chi connectivity index (χ1v) is 4.45. The molecule has 0 amide bonds. The standard InChI is InChI=1S/C10H7ClN2O/c11-8-3-1-7(2-4-8)9-5-6-12-10(14)13-9/h1-6H,(H,12,13,14). The molecule has 1 heterocycles. The molecule has 0 atom stereocenters. The largest absolute Gasteiger partial charge is 0.345 e. The lowest BCUT2D eigenvalue weighted by Crippen LogP contribution is -2.09. The van der Waals surface area contributed by atoms with Gasteiger partial charge in [0.15, 0.2) is 0 Å². The van der Waals surface area contributed by atoms with Gasteiger partial charge in [0.25, 0.3) is 0 Å². The van der Waals surface area contributed by atoms with Gasteiger partial charge in [0.05, 0.1) is 5.69 Å². The van der Waals surface area contributed by atoms with Crippen LogP contribution in [-0.4, -0.2) is 9.97 Å². The summed E-state index contributed by atoms with van der Waals surface area (Å²) >= 11 is 5.75. The van der Waals surface area contributed by atoms with E-state index < -0.39 is 0 Å². The van der Waals surface area contributed by atoms with Crippen LogP contribution in [0.5, 0.6) is 0 Å². The van der Waals surface area contributed by atoms with Crippen molar-refractivity contribution in [3.05, 3.63) is 52.0 Å². The van der Waals surface area contributed by atoms with Crippen molar-refractivity contribution in [1.29, 1.82) is 0 Å². The summed E-state index contributed by atoms with van der Waals surface area (Å²) < 4.78 is 0. The lowest BCUT2D eigenvalue weighted by molar-refractivity contribution is 1.08. The fourth-order valence-corrected chi connectivity index (χ4v) is 1.29. The molecule has 0 unspecified atom stereocenters. The molecule has 0 saturated carbocycles. The van der Waals surface area contributed by atoms with Gasteiger partial charge in [-0.3, -0.25) is 0 Å². The highest BCUT2D eigenvalue weighted by molar-refractivity contribution is 6.30. The van der Waals surface area contributed by atoms with E-state index in [0.717, 1.165) is 11.3 Å². The number of nitrogens with one attached hydrogen (secondary N) is 1. The molecule has 2 aromatic rings. The molecule has 1 aromatic carbocycles. The summed E-state index contributed by atoms with van der Waals surface area (Å²) in [7, 11) is 0. The molecular weight excluding hydrogens is 200 g/mol. The van der Waals surface area contributed by atoms with Crippen molar-refractivity contribution in [1.82, 2.24) is 9.97 Å². The topological polar surface area (TPSA) is 45.8 Å². The second kappa shape index (κ2) is 3.64. The Kier molecular flexibility index (Phi) is 2.33. The summed E-state index contributed by atoms with van der Waals surface area (Å²) in [5, 5.41) is 0.671. The van der Waals surface area contributed by atoms with Gasteiger partial charge in [-0.05, 0) is 23.8 Å². The van der Waals surface area contributed by atoms with Gasteiger partial charge in [-0.1, -0.05) is 23.7 Å². The van der Waals surface area contributed by atoms with E-state index in [4.69, 9.17) is 11.6 Å². The maximum atomic E-state index is 10.9. The van der Waals surface area contributed by atoms with Gasteiger partial charge in [0, 0.05) is 11.2 Å². The Morgan fingerprint density at radius 3 is 2.50 bits per heavy atom. The van der Waals surface area contributed by atoms with Crippen molar-refractivity contribution in [2.45, 2.75) is 0 Å². The third-order valence-electron chi connectivity index (χ3n) is 1.83. The minimum absolute atomic E-state index is 0.350. The van der Waals surface area contributed by atoms with Crippen LogP contribution < -0.4 is 5.69 Å². The molecule has 0 saturated heterocycles. The zero-order valence-electron chi connectivity index (χ0n) is 7.20. The molecule has 0 bridgehead atoms. The van der Waals surface area contributed by atoms with E-state index in [1.807, 2.05) is 12.1 Å². The van der Waals surface area contributed by atoms with E-state index in [1.165, 1.54) is 6.20 Å². The summed E-state index contributed by atoms with van der Waals surface area (Å²) in [6.07, 6.45) is 1.47. The smallest absolute Gasteiger partial charge is 0.305 e. The van der Waals surface area contributed by atoms with Gasteiger partial charge in [-0.15, -0.1) is 0 Å².